The third-order valence-corrected chi connectivity index (χ3v) is 6.10. The van der Waals surface area contributed by atoms with Crippen LogP contribution in [0.15, 0.2) is 23.1 Å². The van der Waals surface area contributed by atoms with Crippen LogP contribution in [-0.2, 0) is 10.0 Å². The second-order valence-electron chi connectivity index (χ2n) is 6.17. The third kappa shape index (κ3) is 3.59. The van der Waals surface area contributed by atoms with E-state index in [1.54, 1.807) is 12.1 Å². The van der Waals surface area contributed by atoms with E-state index >= 15 is 0 Å². The van der Waals surface area contributed by atoms with Crippen LogP contribution >= 0.6 is 12.4 Å². The van der Waals surface area contributed by atoms with Crippen molar-refractivity contribution in [3.63, 3.8) is 0 Å². The van der Waals surface area contributed by atoms with E-state index in [0.717, 1.165) is 24.0 Å². The Bertz CT molecular complexity index is 606. The molecule has 118 valence electrons. The van der Waals surface area contributed by atoms with Gasteiger partial charge in [-0.3, -0.25) is 0 Å². The zero-order valence-corrected chi connectivity index (χ0v) is 14.1. The Hall–Kier alpha value is -0.620. The van der Waals surface area contributed by atoms with Gasteiger partial charge in [-0.15, -0.1) is 12.4 Å². The third-order valence-electron chi connectivity index (χ3n) is 4.58. The van der Waals surface area contributed by atoms with E-state index < -0.39 is 10.0 Å². The lowest BCUT2D eigenvalue weighted by Gasteiger charge is -2.29. The van der Waals surface area contributed by atoms with Gasteiger partial charge in [-0.1, -0.05) is 6.07 Å². The van der Waals surface area contributed by atoms with E-state index in [1.807, 2.05) is 19.9 Å². The van der Waals surface area contributed by atoms with Crippen molar-refractivity contribution in [3.8, 4) is 0 Å². The van der Waals surface area contributed by atoms with Gasteiger partial charge in [0.25, 0.3) is 0 Å². The van der Waals surface area contributed by atoms with E-state index in [9.17, 15) is 8.42 Å². The number of benzene rings is 1. The van der Waals surface area contributed by atoms with Gasteiger partial charge in [0.2, 0.25) is 10.0 Å². The minimum absolute atomic E-state index is 0. The maximum absolute atomic E-state index is 12.5. The van der Waals surface area contributed by atoms with Gasteiger partial charge in [-0.2, -0.15) is 0 Å². The van der Waals surface area contributed by atoms with Gasteiger partial charge in [0.05, 0.1) is 4.90 Å². The summed E-state index contributed by atoms with van der Waals surface area (Å²) in [5.41, 5.74) is 2.13. The molecule has 0 amide bonds. The van der Waals surface area contributed by atoms with Crippen LogP contribution in [0.2, 0.25) is 0 Å². The Morgan fingerprint density at radius 1 is 1.10 bits per heavy atom. The summed E-state index contributed by atoms with van der Waals surface area (Å²) in [6, 6.07) is 6.37. The summed E-state index contributed by atoms with van der Waals surface area (Å²) >= 11 is 0. The van der Waals surface area contributed by atoms with Crippen LogP contribution in [0.3, 0.4) is 0 Å². The van der Waals surface area contributed by atoms with Gasteiger partial charge >= 0.3 is 0 Å². The first-order valence-electron chi connectivity index (χ1n) is 7.30. The lowest BCUT2D eigenvalue weighted by molar-refractivity contribution is 0.345. The Kier molecular flexibility index (Phi) is 4.98. The Balaban J connectivity index is 0.00000161. The van der Waals surface area contributed by atoms with Crippen molar-refractivity contribution in [1.29, 1.82) is 0 Å². The van der Waals surface area contributed by atoms with Crippen molar-refractivity contribution in [3.05, 3.63) is 29.3 Å². The summed E-state index contributed by atoms with van der Waals surface area (Å²) in [6.07, 6.45) is 4.15. The highest BCUT2D eigenvalue weighted by Crippen LogP contribution is 2.27. The normalized spacial score (nSPS) is 28.2. The highest BCUT2D eigenvalue weighted by atomic mass is 35.5. The fraction of sp³-hybridized carbons (Fsp3) is 0.600. The van der Waals surface area contributed by atoms with Gasteiger partial charge in [0, 0.05) is 18.1 Å². The van der Waals surface area contributed by atoms with E-state index in [-0.39, 0.29) is 18.4 Å². The van der Waals surface area contributed by atoms with Crippen molar-refractivity contribution in [2.24, 2.45) is 0 Å². The van der Waals surface area contributed by atoms with Crippen LogP contribution in [0.1, 0.15) is 36.8 Å². The van der Waals surface area contributed by atoms with E-state index in [4.69, 9.17) is 0 Å². The molecule has 2 N–H and O–H groups in total. The molecule has 2 fully saturated rings. The fourth-order valence-corrected chi connectivity index (χ4v) is 4.67. The number of hydrogen-bond acceptors (Lipinski definition) is 3. The molecule has 6 heteroatoms. The molecule has 0 spiro atoms. The van der Waals surface area contributed by atoms with Gasteiger partial charge in [0.15, 0.2) is 0 Å². The van der Waals surface area contributed by atoms with Crippen LogP contribution in [-0.4, -0.2) is 26.5 Å². The standard InChI is InChI=1S/C15H22N2O2S.ClH/c1-10-3-6-15(7-11(10)2)20(18,19)17-14-8-12-4-5-13(9-14)16-12;/h3,6-7,12-14,16-17H,4-5,8-9H2,1-2H3;1H. The van der Waals surface area contributed by atoms with Crippen LogP contribution in [0.4, 0.5) is 0 Å². The van der Waals surface area contributed by atoms with Gasteiger partial charge in [-0.05, 0) is 62.8 Å². The van der Waals surface area contributed by atoms with E-state index in [0.29, 0.717) is 17.0 Å². The summed E-state index contributed by atoms with van der Waals surface area (Å²) in [5.74, 6) is 0. The number of halogens is 1. The quantitative estimate of drug-likeness (QED) is 0.894. The fourth-order valence-electron chi connectivity index (χ4n) is 3.32. The molecular weight excluding hydrogens is 308 g/mol. The summed E-state index contributed by atoms with van der Waals surface area (Å²) in [4.78, 5) is 0.381. The maximum atomic E-state index is 12.5. The molecule has 0 saturated carbocycles. The number of hydrogen-bond donors (Lipinski definition) is 2. The lowest BCUT2D eigenvalue weighted by atomic mass is 10.0. The van der Waals surface area contributed by atoms with Crippen molar-refractivity contribution in [2.75, 3.05) is 0 Å². The largest absolute Gasteiger partial charge is 0.311 e. The molecule has 0 radical (unpaired) electrons. The summed E-state index contributed by atoms with van der Waals surface area (Å²) in [5, 5.41) is 3.53. The minimum Gasteiger partial charge on any atom is -0.311 e. The molecule has 2 aliphatic heterocycles. The Morgan fingerprint density at radius 3 is 2.29 bits per heavy atom. The number of rotatable bonds is 3. The SMILES string of the molecule is Cc1ccc(S(=O)(=O)NC2CC3CCC(C2)N3)cc1C.Cl. The molecule has 4 nitrogen and oxygen atoms in total. The van der Waals surface area contributed by atoms with Crippen molar-refractivity contribution >= 4 is 22.4 Å². The zero-order chi connectivity index (χ0) is 14.3. The number of sulfonamides is 1. The highest BCUT2D eigenvalue weighted by molar-refractivity contribution is 7.89. The predicted octanol–water partition coefficient (Wildman–Crippen LogP) is 2.29. The van der Waals surface area contributed by atoms with Gasteiger partial charge in [-0.25, -0.2) is 13.1 Å². The summed E-state index contributed by atoms with van der Waals surface area (Å²) in [6.45, 7) is 3.93. The van der Waals surface area contributed by atoms with Crippen LogP contribution < -0.4 is 10.0 Å². The molecule has 0 aliphatic carbocycles. The first kappa shape index (κ1) is 16.7. The molecule has 2 aliphatic rings. The van der Waals surface area contributed by atoms with E-state index in [1.165, 1.54) is 12.8 Å². The summed E-state index contributed by atoms with van der Waals surface area (Å²) < 4.78 is 27.8. The number of aryl methyl sites for hydroxylation is 2. The highest BCUT2D eigenvalue weighted by Gasteiger charge is 2.35. The second-order valence-corrected chi connectivity index (χ2v) is 7.89. The molecule has 0 aromatic heterocycles. The van der Waals surface area contributed by atoms with E-state index in [2.05, 4.69) is 10.0 Å². The van der Waals surface area contributed by atoms with Crippen molar-refractivity contribution in [1.82, 2.24) is 10.0 Å². The maximum Gasteiger partial charge on any atom is 0.240 e. The molecule has 1 aromatic rings. The lowest BCUT2D eigenvalue weighted by Crippen LogP contribution is -2.47. The monoisotopic (exact) mass is 330 g/mol. The summed E-state index contributed by atoms with van der Waals surface area (Å²) in [7, 11) is -3.40. The number of fused-ring (bicyclic) bond motifs is 2. The first-order chi connectivity index (χ1) is 9.44. The molecule has 2 unspecified atom stereocenters. The Morgan fingerprint density at radius 2 is 1.71 bits per heavy atom. The Labute approximate surface area is 133 Å². The number of nitrogens with one attached hydrogen (secondary N) is 2. The zero-order valence-electron chi connectivity index (χ0n) is 12.4. The molecule has 21 heavy (non-hydrogen) atoms. The second kappa shape index (κ2) is 6.24. The minimum atomic E-state index is -3.40. The number of piperidine rings is 1. The predicted molar refractivity (Wildman–Crippen MR) is 86.5 cm³/mol. The smallest absolute Gasteiger partial charge is 0.240 e. The molecular formula is C15H23ClN2O2S. The topological polar surface area (TPSA) is 58.2 Å². The van der Waals surface area contributed by atoms with Crippen LogP contribution in [0, 0.1) is 13.8 Å². The molecule has 1 aromatic carbocycles. The van der Waals surface area contributed by atoms with Gasteiger partial charge < -0.3 is 5.32 Å². The van der Waals surface area contributed by atoms with Crippen molar-refractivity contribution < 1.29 is 8.42 Å². The molecule has 3 rings (SSSR count). The average Bonchev–Trinajstić information content (AvgIpc) is 2.71. The van der Waals surface area contributed by atoms with Crippen LogP contribution in [0.5, 0.6) is 0 Å². The molecule has 2 atom stereocenters. The first-order valence-corrected chi connectivity index (χ1v) is 8.78. The average molecular weight is 331 g/mol. The van der Waals surface area contributed by atoms with Crippen molar-refractivity contribution in [2.45, 2.75) is 62.6 Å². The molecule has 2 saturated heterocycles. The molecule has 2 bridgehead atoms. The van der Waals surface area contributed by atoms with Gasteiger partial charge in [0.1, 0.15) is 0 Å². The molecule has 2 heterocycles. The van der Waals surface area contributed by atoms with Crippen LogP contribution in [0.25, 0.3) is 0 Å².